The number of pyridine rings is 1. The summed E-state index contributed by atoms with van der Waals surface area (Å²) in [5, 5.41) is 1.00. The van der Waals surface area contributed by atoms with Gasteiger partial charge in [-0.15, -0.1) is 0 Å². The van der Waals surface area contributed by atoms with E-state index in [-0.39, 0.29) is 5.97 Å². The molecule has 1 saturated heterocycles. The van der Waals surface area contributed by atoms with Gasteiger partial charge in [0.05, 0.1) is 23.4 Å². The zero-order chi connectivity index (χ0) is 20.2. The van der Waals surface area contributed by atoms with Crippen molar-refractivity contribution in [3.05, 3.63) is 65.4 Å². The molecule has 2 heterocycles. The van der Waals surface area contributed by atoms with Crippen LogP contribution in [0.3, 0.4) is 0 Å². The highest BCUT2D eigenvalue weighted by molar-refractivity contribution is 6.08. The van der Waals surface area contributed by atoms with E-state index in [0.29, 0.717) is 18.7 Å². The maximum absolute atomic E-state index is 13.1. The van der Waals surface area contributed by atoms with E-state index in [4.69, 9.17) is 9.72 Å². The Kier molecular flexibility index (Phi) is 5.91. The number of aryl methyl sites for hydroxylation is 1. The third-order valence-electron chi connectivity index (χ3n) is 5.58. The number of rotatable bonds is 5. The summed E-state index contributed by atoms with van der Waals surface area (Å²) in [6.07, 6.45) is 3.68. The number of nitrogens with zero attached hydrogens (tertiary/aromatic N) is 2. The van der Waals surface area contributed by atoms with E-state index in [0.717, 1.165) is 46.4 Å². The predicted octanol–water partition coefficient (Wildman–Crippen LogP) is 5.37. The topological polar surface area (TPSA) is 42.4 Å². The molecule has 4 heteroatoms. The Bertz CT molecular complexity index is 1010. The van der Waals surface area contributed by atoms with Crippen molar-refractivity contribution >= 4 is 16.9 Å². The van der Waals surface area contributed by atoms with E-state index in [1.807, 2.05) is 25.1 Å². The van der Waals surface area contributed by atoms with Crippen molar-refractivity contribution in [2.45, 2.75) is 39.7 Å². The third-order valence-corrected chi connectivity index (χ3v) is 5.58. The molecule has 4 nitrogen and oxygen atoms in total. The van der Waals surface area contributed by atoms with Gasteiger partial charge < -0.3 is 4.74 Å². The fourth-order valence-corrected chi connectivity index (χ4v) is 4.20. The van der Waals surface area contributed by atoms with Crippen molar-refractivity contribution in [3.8, 4) is 11.1 Å². The average molecular weight is 389 g/mol. The first-order chi connectivity index (χ1) is 14.2. The van der Waals surface area contributed by atoms with E-state index >= 15 is 0 Å². The van der Waals surface area contributed by atoms with Crippen LogP contribution in [0.25, 0.3) is 22.0 Å². The van der Waals surface area contributed by atoms with Crippen LogP contribution in [0.2, 0.25) is 0 Å². The fourth-order valence-electron chi connectivity index (χ4n) is 4.20. The molecule has 0 spiro atoms. The highest BCUT2D eigenvalue weighted by Gasteiger charge is 2.25. The Morgan fingerprint density at radius 2 is 1.83 bits per heavy atom. The van der Waals surface area contributed by atoms with E-state index in [9.17, 15) is 4.79 Å². The molecule has 0 atom stereocenters. The van der Waals surface area contributed by atoms with Gasteiger partial charge in [-0.3, -0.25) is 9.88 Å². The minimum atomic E-state index is -0.283. The van der Waals surface area contributed by atoms with Gasteiger partial charge in [-0.1, -0.05) is 48.4 Å². The normalized spacial score (nSPS) is 14.8. The first-order valence-electron chi connectivity index (χ1n) is 10.6. The molecule has 0 aliphatic carbocycles. The molecule has 1 aliphatic heterocycles. The number of hydrogen-bond donors (Lipinski definition) is 0. The molecular weight excluding hydrogens is 360 g/mol. The van der Waals surface area contributed by atoms with Crippen molar-refractivity contribution in [2.75, 3.05) is 19.7 Å². The summed E-state index contributed by atoms with van der Waals surface area (Å²) in [4.78, 5) is 20.5. The summed E-state index contributed by atoms with van der Waals surface area (Å²) in [5.41, 5.74) is 5.46. The minimum Gasteiger partial charge on any atom is -0.462 e. The predicted molar refractivity (Wildman–Crippen MR) is 117 cm³/mol. The lowest BCUT2D eigenvalue weighted by molar-refractivity contribution is 0.0524. The van der Waals surface area contributed by atoms with Crippen molar-refractivity contribution in [1.29, 1.82) is 0 Å². The summed E-state index contributed by atoms with van der Waals surface area (Å²) < 4.78 is 5.50. The van der Waals surface area contributed by atoms with E-state index < -0.39 is 0 Å². The van der Waals surface area contributed by atoms with Gasteiger partial charge in [0.1, 0.15) is 0 Å². The quantitative estimate of drug-likeness (QED) is 0.551. The number of aromatic nitrogens is 1. The van der Waals surface area contributed by atoms with Crippen LogP contribution in [0.5, 0.6) is 0 Å². The monoisotopic (exact) mass is 388 g/mol. The second kappa shape index (κ2) is 8.75. The summed E-state index contributed by atoms with van der Waals surface area (Å²) in [5.74, 6) is -0.283. The van der Waals surface area contributed by atoms with Gasteiger partial charge in [0.25, 0.3) is 0 Å². The van der Waals surface area contributed by atoms with Crippen LogP contribution in [0.4, 0.5) is 0 Å². The summed E-state index contributed by atoms with van der Waals surface area (Å²) in [6, 6.07) is 16.4. The highest BCUT2D eigenvalue weighted by atomic mass is 16.5. The van der Waals surface area contributed by atoms with Crippen LogP contribution in [0.1, 0.15) is 47.8 Å². The van der Waals surface area contributed by atoms with Crippen LogP contribution in [-0.2, 0) is 11.3 Å². The van der Waals surface area contributed by atoms with Crippen molar-refractivity contribution in [3.63, 3.8) is 0 Å². The molecule has 2 aromatic carbocycles. The Hall–Kier alpha value is -2.72. The number of esters is 1. The largest absolute Gasteiger partial charge is 0.462 e. The van der Waals surface area contributed by atoms with Gasteiger partial charge in [-0.2, -0.15) is 0 Å². The number of ether oxygens (including phenoxy) is 1. The molecular formula is C25H28N2O2. The number of hydrogen-bond acceptors (Lipinski definition) is 4. The number of benzene rings is 2. The molecule has 0 saturated carbocycles. The molecule has 0 unspecified atom stereocenters. The molecule has 4 rings (SSSR count). The van der Waals surface area contributed by atoms with Gasteiger partial charge in [0.2, 0.25) is 0 Å². The van der Waals surface area contributed by atoms with E-state index in [1.165, 1.54) is 19.3 Å². The van der Waals surface area contributed by atoms with E-state index in [1.54, 1.807) is 0 Å². The third kappa shape index (κ3) is 4.18. The first kappa shape index (κ1) is 19.6. The molecule has 0 N–H and O–H groups in total. The Morgan fingerprint density at radius 1 is 1.07 bits per heavy atom. The Balaban J connectivity index is 1.96. The van der Waals surface area contributed by atoms with Gasteiger partial charge in [-0.05, 0) is 57.5 Å². The summed E-state index contributed by atoms with van der Waals surface area (Å²) >= 11 is 0. The Labute approximate surface area is 172 Å². The standard InChI is InChI=1S/C25H28N2O2/c1-3-29-25(28)24-22(17-27-14-8-5-9-15-27)26-21-13-12-18(2)16-20(21)23(24)19-10-6-4-7-11-19/h4,6-7,10-13,16H,3,5,8-9,14-15,17H2,1-2H3. The Morgan fingerprint density at radius 3 is 2.55 bits per heavy atom. The smallest absolute Gasteiger partial charge is 0.340 e. The molecule has 0 amide bonds. The van der Waals surface area contributed by atoms with Crippen LogP contribution in [0, 0.1) is 6.92 Å². The lowest BCUT2D eigenvalue weighted by Crippen LogP contribution is -2.30. The van der Waals surface area contributed by atoms with E-state index in [2.05, 4.69) is 42.2 Å². The van der Waals surface area contributed by atoms with Crippen molar-refractivity contribution in [1.82, 2.24) is 9.88 Å². The minimum absolute atomic E-state index is 0.283. The maximum Gasteiger partial charge on any atom is 0.340 e. The second-order valence-electron chi connectivity index (χ2n) is 7.75. The zero-order valence-corrected chi connectivity index (χ0v) is 17.3. The fraction of sp³-hybridized carbons (Fsp3) is 0.360. The number of carbonyl (C=O) groups excluding carboxylic acids is 1. The van der Waals surface area contributed by atoms with Crippen molar-refractivity contribution in [2.24, 2.45) is 0 Å². The van der Waals surface area contributed by atoms with Gasteiger partial charge in [0, 0.05) is 17.5 Å². The lowest BCUT2D eigenvalue weighted by atomic mass is 9.93. The molecule has 3 aromatic rings. The maximum atomic E-state index is 13.1. The van der Waals surface area contributed by atoms with Crippen molar-refractivity contribution < 1.29 is 9.53 Å². The molecule has 29 heavy (non-hydrogen) atoms. The number of carbonyl (C=O) groups is 1. The van der Waals surface area contributed by atoms with Gasteiger partial charge in [-0.25, -0.2) is 4.79 Å². The second-order valence-corrected chi connectivity index (χ2v) is 7.75. The van der Waals surface area contributed by atoms with Gasteiger partial charge in [0.15, 0.2) is 0 Å². The van der Waals surface area contributed by atoms with Crippen LogP contribution in [-0.4, -0.2) is 35.5 Å². The SMILES string of the molecule is CCOC(=O)c1c(CN2CCCCC2)nc2ccc(C)cc2c1-c1ccccc1. The molecule has 1 aromatic heterocycles. The number of fused-ring (bicyclic) bond motifs is 1. The number of piperidine rings is 1. The molecule has 1 fully saturated rings. The lowest BCUT2D eigenvalue weighted by Gasteiger charge is -2.27. The zero-order valence-electron chi connectivity index (χ0n) is 17.3. The summed E-state index contributed by atoms with van der Waals surface area (Å²) in [7, 11) is 0. The molecule has 0 bridgehead atoms. The first-order valence-corrected chi connectivity index (χ1v) is 10.6. The van der Waals surface area contributed by atoms with Gasteiger partial charge >= 0.3 is 5.97 Å². The van der Waals surface area contributed by atoms with Crippen LogP contribution < -0.4 is 0 Å². The van der Waals surface area contributed by atoms with Crippen LogP contribution >= 0.6 is 0 Å². The number of likely N-dealkylation sites (tertiary alicyclic amines) is 1. The highest BCUT2D eigenvalue weighted by Crippen LogP contribution is 2.35. The van der Waals surface area contributed by atoms with Crippen LogP contribution in [0.15, 0.2) is 48.5 Å². The summed E-state index contributed by atoms with van der Waals surface area (Å²) in [6.45, 7) is 7.05. The molecule has 1 aliphatic rings. The average Bonchev–Trinajstić information content (AvgIpc) is 2.74. The molecule has 0 radical (unpaired) electrons. The molecule has 150 valence electrons.